The highest BCUT2D eigenvalue weighted by atomic mass is 35.5. The van der Waals surface area contributed by atoms with E-state index in [1.165, 1.54) is 11.6 Å². The van der Waals surface area contributed by atoms with Gasteiger partial charge in [0, 0.05) is 41.4 Å². The van der Waals surface area contributed by atoms with Gasteiger partial charge in [-0.25, -0.2) is 14.2 Å². The average Bonchev–Trinajstić information content (AvgIpc) is 3.50. The number of benzene rings is 3. The molecule has 7 rings (SSSR count). The third-order valence-electron chi connectivity index (χ3n) is 8.46. The van der Waals surface area contributed by atoms with E-state index in [2.05, 4.69) is 20.5 Å². The van der Waals surface area contributed by atoms with Crippen LogP contribution in [-0.2, 0) is 42.1 Å². The molecule has 5 aromatic rings. The molecule has 0 amide bonds. The van der Waals surface area contributed by atoms with Gasteiger partial charge in [-0.05, 0) is 75.6 Å². The molecular formula is C35H36ClFN4O4. The molecule has 3 aromatic carbocycles. The van der Waals surface area contributed by atoms with Crippen molar-refractivity contribution in [3.8, 4) is 5.75 Å². The molecule has 234 valence electrons. The van der Waals surface area contributed by atoms with Gasteiger partial charge < -0.3 is 23.8 Å². The molecule has 45 heavy (non-hydrogen) atoms. The molecule has 1 saturated heterocycles. The normalized spacial score (nSPS) is 17.0. The molecule has 0 aliphatic carbocycles. The molecule has 1 N–H and O–H groups in total. The molecule has 0 saturated carbocycles. The van der Waals surface area contributed by atoms with Crippen molar-refractivity contribution in [2.24, 2.45) is 0 Å². The van der Waals surface area contributed by atoms with Crippen molar-refractivity contribution in [2.75, 3.05) is 13.2 Å². The lowest BCUT2D eigenvalue weighted by molar-refractivity contribution is -0.0592. The Hall–Kier alpha value is -3.92. The van der Waals surface area contributed by atoms with E-state index in [9.17, 15) is 9.18 Å². The van der Waals surface area contributed by atoms with Gasteiger partial charge in [0.05, 0.1) is 41.3 Å². The summed E-state index contributed by atoms with van der Waals surface area (Å²) in [5, 5.41) is 1.49. The zero-order valence-corrected chi connectivity index (χ0v) is 26.4. The summed E-state index contributed by atoms with van der Waals surface area (Å²) >= 11 is 5.91. The molecule has 2 aromatic heterocycles. The number of imidazole rings is 1. The van der Waals surface area contributed by atoms with Gasteiger partial charge in [0.25, 0.3) is 0 Å². The Kier molecular flexibility index (Phi) is 7.79. The minimum atomic E-state index is -0.575. The highest BCUT2D eigenvalue weighted by Gasteiger charge is 2.27. The molecule has 10 heteroatoms. The standard InChI is InChI=1S/C35H36ClFN4O4/c1-35(2,3)45-34(42)21-8-10-28-30(15-21)41(17-24-12-14-43-24)32(38-28)19-40-13-11-25-26-5-4-6-31(33(26)39-29(25)18-40)44-20-22-7-9-23(36)16-27(22)37/h4-10,15-16,24,39H,11-14,17-20H2,1-3H3. The van der Waals surface area contributed by atoms with Crippen LogP contribution < -0.4 is 4.74 Å². The van der Waals surface area contributed by atoms with Crippen LogP contribution in [0.15, 0.2) is 54.6 Å². The Balaban J connectivity index is 1.13. The number of hydrogen-bond donors (Lipinski definition) is 1. The first-order valence-corrected chi connectivity index (χ1v) is 15.7. The fraction of sp³-hybridized carbons (Fsp3) is 0.371. The molecule has 0 radical (unpaired) electrons. The second-order valence-electron chi connectivity index (χ2n) is 12.9. The number of nitrogens with one attached hydrogen (secondary N) is 1. The molecule has 8 nitrogen and oxygen atoms in total. The Morgan fingerprint density at radius 2 is 2.02 bits per heavy atom. The second-order valence-corrected chi connectivity index (χ2v) is 13.3. The van der Waals surface area contributed by atoms with Gasteiger partial charge in [0.15, 0.2) is 0 Å². The smallest absolute Gasteiger partial charge is 0.338 e. The van der Waals surface area contributed by atoms with Gasteiger partial charge in [0.2, 0.25) is 0 Å². The maximum absolute atomic E-state index is 14.4. The molecule has 1 atom stereocenters. The Morgan fingerprint density at radius 3 is 2.78 bits per heavy atom. The summed E-state index contributed by atoms with van der Waals surface area (Å²) in [6.45, 7) is 9.41. The molecule has 1 unspecified atom stereocenters. The summed E-state index contributed by atoms with van der Waals surface area (Å²) in [4.78, 5) is 23.9. The first-order chi connectivity index (χ1) is 21.6. The third-order valence-corrected chi connectivity index (χ3v) is 8.69. The molecular weight excluding hydrogens is 595 g/mol. The summed E-state index contributed by atoms with van der Waals surface area (Å²) in [7, 11) is 0. The number of hydrogen-bond acceptors (Lipinski definition) is 6. The number of para-hydroxylation sites is 1. The van der Waals surface area contributed by atoms with E-state index >= 15 is 0 Å². The van der Waals surface area contributed by atoms with Crippen LogP contribution in [0.4, 0.5) is 4.39 Å². The number of halogens is 2. The van der Waals surface area contributed by atoms with Crippen LogP contribution in [0, 0.1) is 5.82 Å². The highest BCUT2D eigenvalue weighted by Crippen LogP contribution is 2.34. The van der Waals surface area contributed by atoms with Crippen molar-refractivity contribution in [2.45, 2.75) is 71.6 Å². The minimum Gasteiger partial charge on any atom is -0.487 e. The maximum atomic E-state index is 14.4. The van der Waals surface area contributed by atoms with Crippen molar-refractivity contribution < 1.29 is 23.4 Å². The van der Waals surface area contributed by atoms with E-state index in [1.54, 1.807) is 18.2 Å². The fourth-order valence-electron chi connectivity index (χ4n) is 6.14. The van der Waals surface area contributed by atoms with E-state index in [4.69, 9.17) is 30.8 Å². The lowest BCUT2D eigenvalue weighted by Crippen LogP contribution is -2.34. The van der Waals surface area contributed by atoms with Crippen molar-refractivity contribution in [3.63, 3.8) is 0 Å². The fourth-order valence-corrected chi connectivity index (χ4v) is 6.29. The quantitative estimate of drug-likeness (QED) is 0.183. The van der Waals surface area contributed by atoms with Gasteiger partial charge in [-0.15, -0.1) is 0 Å². The van der Waals surface area contributed by atoms with E-state index in [0.29, 0.717) is 35.0 Å². The summed E-state index contributed by atoms with van der Waals surface area (Å²) in [5.41, 5.74) is 5.48. The van der Waals surface area contributed by atoms with Crippen LogP contribution >= 0.6 is 11.6 Å². The highest BCUT2D eigenvalue weighted by molar-refractivity contribution is 6.30. The number of rotatable bonds is 8. The van der Waals surface area contributed by atoms with E-state index < -0.39 is 5.60 Å². The van der Waals surface area contributed by atoms with Crippen LogP contribution in [0.3, 0.4) is 0 Å². The Morgan fingerprint density at radius 1 is 1.18 bits per heavy atom. The average molecular weight is 631 g/mol. The number of esters is 1. The first-order valence-electron chi connectivity index (χ1n) is 15.4. The molecule has 0 spiro atoms. The number of H-pyrrole nitrogens is 1. The number of carbonyl (C=O) groups is 1. The van der Waals surface area contributed by atoms with Crippen LogP contribution in [0.2, 0.25) is 5.02 Å². The Bertz CT molecular complexity index is 1910. The van der Waals surface area contributed by atoms with Crippen molar-refractivity contribution in [1.82, 2.24) is 19.4 Å². The summed E-state index contributed by atoms with van der Waals surface area (Å²) in [6, 6.07) is 16.2. The first kappa shape index (κ1) is 29.8. The molecule has 2 aliphatic rings. The van der Waals surface area contributed by atoms with Crippen LogP contribution in [0.1, 0.15) is 60.2 Å². The van der Waals surface area contributed by atoms with E-state index in [-0.39, 0.29) is 24.5 Å². The zero-order valence-electron chi connectivity index (χ0n) is 25.7. The Labute approximate surface area is 266 Å². The number of aromatic nitrogens is 3. The van der Waals surface area contributed by atoms with E-state index in [0.717, 1.165) is 66.0 Å². The van der Waals surface area contributed by atoms with Gasteiger partial charge in [-0.3, -0.25) is 4.90 Å². The monoisotopic (exact) mass is 630 g/mol. The van der Waals surface area contributed by atoms with E-state index in [1.807, 2.05) is 45.0 Å². The van der Waals surface area contributed by atoms with Crippen molar-refractivity contribution >= 4 is 39.5 Å². The lowest BCUT2D eigenvalue weighted by atomic mass is 10.0. The molecule has 0 bridgehead atoms. The van der Waals surface area contributed by atoms with Gasteiger partial charge in [-0.2, -0.15) is 0 Å². The molecule has 2 aliphatic heterocycles. The minimum absolute atomic E-state index is 0.106. The van der Waals surface area contributed by atoms with Gasteiger partial charge >= 0.3 is 5.97 Å². The topological polar surface area (TPSA) is 81.6 Å². The SMILES string of the molecule is CC(C)(C)OC(=O)c1ccc2nc(CN3CCc4c([nH]c5c(OCc6ccc(Cl)cc6F)cccc45)C3)n(CC3CCO3)c2c1. The van der Waals surface area contributed by atoms with Crippen molar-refractivity contribution in [3.05, 3.63) is 93.6 Å². The van der Waals surface area contributed by atoms with Crippen LogP contribution in [0.5, 0.6) is 5.75 Å². The second kappa shape index (κ2) is 11.8. The molecule has 4 heterocycles. The van der Waals surface area contributed by atoms with Crippen molar-refractivity contribution in [1.29, 1.82) is 0 Å². The predicted molar refractivity (Wildman–Crippen MR) is 171 cm³/mol. The largest absolute Gasteiger partial charge is 0.487 e. The predicted octanol–water partition coefficient (Wildman–Crippen LogP) is 7.19. The summed E-state index contributed by atoms with van der Waals surface area (Å²) in [5.74, 6) is 0.899. The third kappa shape index (κ3) is 6.17. The molecule has 1 fully saturated rings. The van der Waals surface area contributed by atoms with Crippen LogP contribution in [0.25, 0.3) is 21.9 Å². The zero-order chi connectivity index (χ0) is 31.3. The summed E-state index contributed by atoms with van der Waals surface area (Å²) < 4.78 is 34.1. The number of fused-ring (bicyclic) bond motifs is 4. The summed E-state index contributed by atoms with van der Waals surface area (Å²) in [6.07, 6.45) is 2.01. The maximum Gasteiger partial charge on any atom is 0.338 e. The van der Waals surface area contributed by atoms with Gasteiger partial charge in [-0.1, -0.05) is 29.8 Å². The number of nitrogens with zero attached hydrogens (tertiary/aromatic N) is 3. The number of ether oxygens (including phenoxy) is 3. The number of carbonyl (C=O) groups excluding carboxylic acids is 1. The van der Waals surface area contributed by atoms with Gasteiger partial charge in [0.1, 0.15) is 29.6 Å². The number of aromatic amines is 1. The van der Waals surface area contributed by atoms with Crippen LogP contribution in [-0.4, -0.2) is 50.3 Å². The lowest BCUT2D eigenvalue weighted by Gasteiger charge is -2.29.